The van der Waals surface area contributed by atoms with E-state index in [2.05, 4.69) is 25.7 Å². The van der Waals surface area contributed by atoms with Gasteiger partial charge in [-0.25, -0.2) is 0 Å². The fourth-order valence-corrected chi connectivity index (χ4v) is 2.24. The number of hydrogen-bond acceptors (Lipinski definition) is 2. The molecular weight excluding hydrogens is 216 g/mol. The Morgan fingerprint density at radius 2 is 1.94 bits per heavy atom. The van der Waals surface area contributed by atoms with Crippen molar-refractivity contribution < 1.29 is 0 Å². The van der Waals surface area contributed by atoms with Crippen molar-refractivity contribution in [3.05, 3.63) is 0 Å². The van der Waals surface area contributed by atoms with Gasteiger partial charge in [-0.05, 0) is 25.3 Å². The van der Waals surface area contributed by atoms with Gasteiger partial charge < -0.3 is 5.73 Å². The zero-order valence-corrected chi connectivity index (χ0v) is 12.0. The number of nitrogens with zero attached hydrogens (tertiary/aromatic N) is 1. The van der Waals surface area contributed by atoms with E-state index in [1.54, 1.807) is 0 Å². The highest BCUT2D eigenvalue weighted by atomic mass is 32.1. The molecule has 2 nitrogen and oxygen atoms in total. The molecule has 0 fully saturated rings. The maximum atomic E-state index is 5.63. The van der Waals surface area contributed by atoms with Crippen molar-refractivity contribution in [2.75, 3.05) is 19.6 Å². The minimum Gasteiger partial charge on any atom is -0.392 e. The molecule has 1 unspecified atom stereocenters. The standard InChI is InChI=1S/C13H28N2S/c1-4-7-8-12(6-3)10-15(9-5-2)11-13(14)16/h12H,4-11H2,1-3H3,(H2,14,16). The molecule has 0 aromatic rings. The smallest absolute Gasteiger partial charge is 0.0870 e. The Kier molecular flexibility index (Phi) is 9.94. The fourth-order valence-electron chi connectivity index (χ4n) is 2.05. The number of thiocarbonyl (C=S) groups is 1. The zero-order chi connectivity index (χ0) is 12.4. The molecule has 0 saturated heterocycles. The monoisotopic (exact) mass is 244 g/mol. The van der Waals surface area contributed by atoms with Gasteiger partial charge in [-0.2, -0.15) is 0 Å². The summed E-state index contributed by atoms with van der Waals surface area (Å²) >= 11 is 5.00. The topological polar surface area (TPSA) is 29.3 Å². The van der Waals surface area contributed by atoms with Crippen molar-refractivity contribution in [3.8, 4) is 0 Å². The molecule has 0 aromatic carbocycles. The Labute approximate surface area is 107 Å². The predicted molar refractivity (Wildman–Crippen MR) is 76.8 cm³/mol. The van der Waals surface area contributed by atoms with Crippen LogP contribution in [0.15, 0.2) is 0 Å². The molecule has 0 bridgehead atoms. The maximum Gasteiger partial charge on any atom is 0.0870 e. The molecule has 0 aromatic heterocycles. The fraction of sp³-hybridized carbons (Fsp3) is 0.923. The van der Waals surface area contributed by atoms with Gasteiger partial charge in [-0.15, -0.1) is 0 Å². The Bertz CT molecular complexity index is 183. The molecule has 3 heteroatoms. The molecule has 1 atom stereocenters. The highest BCUT2D eigenvalue weighted by Gasteiger charge is 2.12. The van der Waals surface area contributed by atoms with E-state index in [1.807, 2.05) is 0 Å². The molecule has 0 rings (SSSR count). The first-order valence-corrected chi connectivity index (χ1v) is 7.05. The molecule has 0 radical (unpaired) electrons. The van der Waals surface area contributed by atoms with Crippen LogP contribution in [0.5, 0.6) is 0 Å². The third kappa shape index (κ3) is 8.05. The van der Waals surface area contributed by atoms with Crippen molar-refractivity contribution in [3.63, 3.8) is 0 Å². The SMILES string of the molecule is CCCCC(CC)CN(CCC)CC(N)=S. The molecule has 2 N–H and O–H groups in total. The van der Waals surface area contributed by atoms with E-state index in [0.29, 0.717) is 4.99 Å². The molecule has 0 aliphatic carbocycles. The van der Waals surface area contributed by atoms with E-state index in [1.165, 1.54) is 32.1 Å². The third-order valence-electron chi connectivity index (χ3n) is 2.98. The third-order valence-corrected chi connectivity index (χ3v) is 3.11. The molecule has 0 amide bonds. The second kappa shape index (κ2) is 10.0. The summed E-state index contributed by atoms with van der Waals surface area (Å²) in [6.45, 7) is 9.80. The Morgan fingerprint density at radius 3 is 2.38 bits per heavy atom. The van der Waals surface area contributed by atoms with E-state index < -0.39 is 0 Å². The highest BCUT2D eigenvalue weighted by Crippen LogP contribution is 2.14. The lowest BCUT2D eigenvalue weighted by Gasteiger charge is -2.26. The van der Waals surface area contributed by atoms with Crippen molar-refractivity contribution in [1.82, 2.24) is 4.90 Å². The summed E-state index contributed by atoms with van der Waals surface area (Å²) in [6.07, 6.45) is 6.40. The van der Waals surface area contributed by atoms with Crippen LogP contribution in [-0.4, -0.2) is 29.5 Å². The minimum atomic E-state index is 0.624. The quantitative estimate of drug-likeness (QED) is 0.598. The van der Waals surface area contributed by atoms with E-state index in [-0.39, 0.29) is 0 Å². The van der Waals surface area contributed by atoms with Gasteiger partial charge in [0.1, 0.15) is 0 Å². The molecule has 0 aliphatic rings. The summed E-state index contributed by atoms with van der Waals surface area (Å²) in [6, 6.07) is 0. The molecule has 0 heterocycles. The zero-order valence-electron chi connectivity index (χ0n) is 11.2. The number of rotatable bonds is 10. The maximum absolute atomic E-state index is 5.63. The van der Waals surface area contributed by atoms with Gasteiger partial charge >= 0.3 is 0 Å². The highest BCUT2D eigenvalue weighted by molar-refractivity contribution is 7.80. The Hall–Kier alpha value is -0.150. The summed E-state index contributed by atoms with van der Waals surface area (Å²) in [5.41, 5.74) is 5.63. The Morgan fingerprint density at radius 1 is 1.25 bits per heavy atom. The number of hydrogen-bond donors (Lipinski definition) is 1. The Balaban J connectivity index is 4.05. The van der Waals surface area contributed by atoms with Crippen LogP contribution < -0.4 is 5.73 Å². The molecule has 0 aliphatic heterocycles. The van der Waals surface area contributed by atoms with Crippen LogP contribution in [0.3, 0.4) is 0 Å². The van der Waals surface area contributed by atoms with Gasteiger partial charge in [0.05, 0.1) is 4.99 Å². The minimum absolute atomic E-state index is 0.624. The van der Waals surface area contributed by atoms with E-state index in [4.69, 9.17) is 18.0 Å². The van der Waals surface area contributed by atoms with Gasteiger partial charge in [0, 0.05) is 13.1 Å². The predicted octanol–water partition coefficient (Wildman–Crippen LogP) is 3.20. The number of nitrogens with two attached hydrogens (primary N) is 1. The van der Waals surface area contributed by atoms with Crippen molar-refractivity contribution in [2.24, 2.45) is 11.7 Å². The molecule has 0 spiro atoms. The first kappa shape index (κ1) is 15.9. The average Bonchev–Trinajstić information content (AvgIpc) is 2.23. The van der Waals surface area contributed by atoms with Crippen LogP contribution in [0.2, 0.25) is 0 Å². The molecular formula is C13H28N2S. The van der Waals surface area contributed by atoms with E-state index in [0.717, 1.165) is 25.6 Å². The van der Waals surface area contributed by atoms with Gasteiger partial charge in [-0.3, -0.25) is 4.90 Å². The van der Waals surface area contributed by atoms with Crippen LogP contribution in [0, 0.1) is 5.92 Å². The van der Waals surface area contributed by atoms with Gasteiger partial charge in [0.2, 0.25) is 0 Å². The largest absolute Gasteiger partial charge is 0.392 e. The van der Waals surface area contributed by atoms with Crippen molar-refractivity contribution >= 4 is 17.2 Å². The molecule has 96 valence electrons. The van der Waals surface area contributed by atoms with Crippen LogP contribution in [-0.2, 0) is 0 Å². The van der Waals surface area contributed by atoms with Crippen LogP contribution in [0.4, 0.5) is 0 Å². The lowest BCUT2D eigenvalue weighted by molar-refractivity contribution is 0.244. The summed E-state index contributed by atoms with van der Waals surface area (Å²) in [4.78, 5) is 3.03. The number of unbranched alkanes of at least 4 members (excludes halogenated alkanes) is 1. The van der Waals surface area contributed by atoms with Crippen molar-refractivity contribution in [1.29, 1.82) is 0 Å². The van der Waals surface area contributed by atoms with Crippen LogP contribution in [0.25, 0.3) is 0 Å². The van der Waals surface area contributed by atoms with E-state index >= 15 is 0 Å². The summed E-state index contributed by atoms with van der Waals surface area (Å²) in [5.74, 6) is 0.806. The second-order valence-corrected chi connectivity index (χ2v) is 5.14. The van der Waals surface area contributed by atoms with E-state index in [9.17, 15) is 0 Å². The summed E-state index contributed by atoms with van der Waals surface area (Å²) in [5, 5.41) is 0. The lowest BCUT2D eigenvalue weighted by atomic mass is 9.98. The summed E-state index contributed by atoms with van der Waals surface area (Å²) in [7, 11) is 0. The normalized spacial score (nSPS) is 13.0. The van der Waals surface area contributed by atoms with Gasteiger partial charge in [-0.1, -0.05) is 52.3 Å². The first-order valence-electron chi connectivity index (χ1n) is 6.64. The second-order valence-electron chi connectivity index (χ2n) is 4.62. The molecule has 0 saturated carbocycles. The van der Waals surface area contributed by atoms with Gasteiger partial charge in [0.15, 0.2) is 0 Å². The van der Waals surface area contributed by atoms with Crippen LogP contribution >= 0.6 is 12.2 Å². The van der Waals surface area contributed by atoms with Crippen molar-refractivity contribution in [2.45, 2.75) is 52.9 Å². The van der Waals surface area contributed by atoms with Crippen LogP contribution in [0.1, 0.15) is 52.9 Å². The lowest BCUT2D eigenvalue weighted by Crippen LogP contribution is -2.36. The average molecular weight is 244 g/mol. The first-order chi connectivity index (χ1) is 7.63. The molecule has 16 heavy (non-hydrogen) atoms. The summed E-state index contributed by atoms with van der Waals surface area (Å²) < 4.78 is 0. The van der Waals surface area contributed by atoms with Gasteiger partial charge in [0.25, 0.3) is 0 Å².